The zero-order chi connectivity index (χ0) is 27.9. The van der Waals surface area contributed by atoms with E-state index in [1.165, 1.54) is 17.0 Å². The highest BCUT2D eigenvalue weighted by Gasteiger charge is 2.32. The van der Waals surface area contributed by atoms with Gasteiger partial charge in [-0.25, -0.2) is 8.42 Å². The molecule has 2 unspecified atom stereocenters. The molecule has 0 spiro atoms. The summed E-state index contributed by atoms with van der Waals surface area (Å²) in [5.41, 5.74) is 2.21. The third-order valence-corrected chi connectivity index (χ3v) is 8.59. The van der Waals surface area contributed by atoms with Crippen molar-refractivity contribution in [2.24, 2.45) is 0 Å². The Morgan fingerprint density at radius 2 is 1.63 bits per heavy atom. The molecule has 3 aromatic rings. The van der Waals surface area contributed by atoms with Gasteiger partial charge in [-0.3, -0.25) is 13.9 Å². The van der Waals surface area contributed by atoms with Gasteiger partial charge in [-0.1, -0.05) is 76.9 Å². The number of hydrogen-bond donors (Lipinski definition) is 1. The number of rotatable bonds is 11. The second-order valence-electron chi connectivity index (χ2n) is 9.31. The average Bonchev–Trinajstić information content (AvgIpc) is 2.90. The molecule has 0 bridgehead atoms. The van der Waals surface area contributed by atoms with Gasteiger partial charge in [0.25, 0.3) is 10.0 Å². The van der Waals surface area contributed by atoms with E-state index in [0.29, 0.717) is 10.2 Å². The first-order valence-electron chi connectivity index (χ1n) is 12.5. The molecule has 0 aliphatic heterocycles. The van der Waals surface area contributed by atoms with E-state index in [1.54, 1.807) is 49.4 Å². The summed E-state index contributed by atoms with van der Waals surface area (Å²) in [6.45, 7) is 7.18. The van der Waals surface area contributed by atoms with Crippen molar-refractivity contribution in [1.82, 2.24) is 10.2 Å². The van der Waals surface area contributed by atoms with E-state index in [1.807, 2.05) is 45.0 Å². The first kappa shape index (κ1) is 29.4. The minimum absolute atomic E-state index is 0.0579. The molecule has 2 atom stereocenters. The van der Waals surface area contributed by atoms with Crippen molar-refractivity contribution in [3.63, 3.8) is 0 Å². The largest absolute Gasteiger partial charge is 0.352 e. The average molecular weight is 601 g/mol. The molecule has 3 rings (SSSR count). The van der Waals surface area contributed by atoms with Crippen molar-refractivity contribution in [3.8, 4) is 0 Å². The number of halogens is 1. The van der Waals surface area contributed by atoms with Gasteiger partial charge < -0.3 is 10.2 Å². The van der Waals surface area contributed by atoms with Crippen LogP contribution in [-0.4, -0.2) is 43.8 Å². The monoisotopic (exact) mass is 599 g/mol. The smallest absolute Gasteiger partial charge is 0.264 e. The Morgan fingerprint density at radius 1 is 0.947 bits per heavy atom. The van der Waals surface area contributed by atoms with Crippen molar-refractivity contribution in [2.45, 2.75) is 57.6 Å². The fourth-order valence-corrected chi connectivity index (χ4v) is 5.75. The van der Waals surface area contributed by atoms with Crippen molar-refractivity contribution in [1.29, 1.82) is 0 Å². The first-order chi connectivity index (χ1) is 18.0. The minimum atomic E-state index is -4.08. The number of anilines is 1. The number of hydrogen-bond acceptors (Lipinski definition) is 4. The standard InChI is InChI=1S/C29H34BrN3O4S/c1-5-22(3)31-29(35)23(4)32(19-24-12-9-11-21(2)17-24)28(34)20-33(26-14-10-13-25(30)18-26)38(36,37)27-15-7-6-8-16-27/h6-18,22-23H,5,19-20H2,1-4H3,(H,31,35). The Morgan fingerprint density at radius 3 is 2.26 bits per heavy atom. The maximum absolute atomic E-state index is 13.9. The number of benzene rings is 3. The maximum Gasteiger partial charge on any atom is 0.264 e. The number of amides is 2. The SMILES string of the molecule is CCC(C)NC(=O)C(C)N(Cc1cccc(C)c1)C(=O)CN(c1cccc(Br)c1)S(=O)(=O)c1ccccc1. The molecule has 202 valence electrons. The second kappa shape index (κ2) is 13.1. The van der Waals surface area contributed by atoms with Crippen LogP contribution >= 0.6 is 15.9 Å². The third kappa shape index (κ3) is 7.45. The van der Waals surface area contributed by atoms with Gasteiger partial charge in [0.2, 0.25) is 11.8 Å². The minimum Gasteiger partial charge on any atom is -0.352 e. The summed E-state index contributed by atoms with van der Waals surface area (Å²) >= 11 is 3.40. The van der Waals surface area contributed by atoms with Crippen LogP contribution in [-0.2, 0) is 26.2 Å². The zero-order valence-corrected chi connectivity index (χ0v) is 24.5. The lowest BCUT2D eigenvalue weighted by atomic mass is 10.1. The van der Waals surface area contributed by atoms with E-state index in [0.717, 1.165) is 21.9 Å². The van der Waals surface area contributed by atoms with Gasteiger partial charge in [0.1, 0.15) is 12.6 Å². The number of carbonyl (C=O) groups excluding carboxylic acids is 2. The number of aryl methyl sites for hydroxylation is 1. The topological polar surface area (TPSA) is 86.8 Å². The number of nitrogens with one attached hydrogen (secondary N) is 1. The lowest BCUT2D eigenvalue weighted by Crippen LogP contribution is -2.52. The van der Waals surface area contributed by atoms with Crippen LogP contribution in [0.1, 0.15) is 38.3 Å². The van der Waals surface area contributed by atoms with E-state index in [4.69, 9.17) is 0 Å². The molecule has 7 nitrogen and oxygen atoms in total. The molecule has 3 aromatic carbocycles. The zero-order valence-electron chi connectivity index (χ0n) is 22.1. The number of carbonyl (C=O) groups is 2. The van der Waals surface area contributed by atoms with E-state index >= 15 is 0 Å². The lowest BCUT2D eigenvalue weighted by Gasteiger charge is -2.32. The van der Waals surface area contributed by atoms with Gasteiger partial charge in [0.15, 0.2) is 0 Å². The van der Waals surface area contributed by atoms with Crippen molar-refractivity contribution in [2.75, 3.05) is 10.8 Å². The van der Waals surface area contributed by atoms with Crippen LogP contribution in [0.15, 0.2) is 88.2 Å². The molecule has 0 radical (unpaired) electrons. The molecule has 0 heterocycles. The van der Waals surface area contributed by atoms with Gasteiger partial charge in [-0.2, -0.15) is 0 Å². The molecule has 0 aliphatic carbocycles. The molecule has 2 amide bonds. The van der Waals surface area contributed by atoms with E-state index in [-0.39, 0.29) is 23.4 Å². The molecule has 0 aromatic heterocycles. The third-order valence-electron chi connectivity index (χ3n) is 6.31. The number of sulfonamides is 1. The highest BCUT2D eigenvalue weighted by molar-refractivity contribution is 9.10. The van der Waals surface area contributed by atoms with Gasteiger partial charge in [0.05, 0.1) is 10.6 Å². The summed E-state index contributed by atoms with van der Waals surface area (Å²) in [6, 6.07) is 21.6. The van der Waals surface area contributed by atoms with Crippen LogP contribution in [0.3, 0.4) is 0 Å². The highest BCUT2D eigenvalue weighted by atomic mass is 79.9. The predicted octanol–water partition coefficient (Wildman–Crippen LogP) is 5.28. The lowest BCUT2D eigenvalue weighted by molar-refractivity contribution is -0.139. The molecular weight excluding hydrogens is 566 g/mol. The van der Waals surface area contributed by atoms with Crippen LogP contribution in [0.2, 0.25) is 0 Å². The van der Waals surface area contributed by atoms with Crippen LogP contribution < -0.4 is 9.62 Å². The summed E-state index contributed by atoms with van der Waals surface area (Å²) in [5, 5.41) is 2.94. The van der Waals surface area contributed by atoms with Gasteiger partial charge >= 0.3 is 0 Å². The van der Waals surface area contributed by atoms with Crippen molar-refractivity contribution < 1.29 is 18.0 Å². The first-order valence-corrected chi connectivity index (χ1v) is 14.7. The van der Waals surface area contributed by atoms with Crippen molar-refractivity contribution in [3.05, 3.63) is 94.5 Å². The Hall–Kier alpha value is -3.17. The molecule has 0 saturated carbocycles. The Labute approximate surface area is 234 Å². The summed E-state index contributed by atoms with van der Waals surface area (Å²) in [6.07, 6.45) is 0.746. The molecule has 9 heteroatoms. The fourth-order valence-electron chi connectivity index (χ4n) is 3.94. The molecule has 0 fully saturated rings. The summed E-state index contributed by atoms with van der Waals surface area (Å²) in [7, 11) is -4.08. The predicted molar refractivity (Wildman–Crippen MR) is 154 cm³/mol. The van der Waals surface area contributed by atoms with E-state index < -0.39 is 28.5 Å². The molecule has 38 heavy (non-hydrogen) atoms. The summed E-state index contributed by atoms with van der Waals surface area (Å²) < 4.78 is 29.3. The second-order valence-corrected chi connectivity index (χ2v) is 12.1. The fraction of sp³-hybridized carbons (Fsp3) is 0.310. The van der Waals surface area contributed by atoms with Crippen molar-refractivity contribution >= 4 is 43.5 Å². The number of nitrogens with zero attached hydrogens (tertiary/aromatic N) is 2. The summed E-state index contributed by atoms with van der Waals surface area (Å²) in [5.74, 6) is -0.780. The maximum atomic E-state index is 13.9. The molecule has 0 saturated heterocycles. The Bertz CT molecular complexity index is 1370. The quantitative estimate of drug-likeness (QED) is 0.324. The van der Waals surface area contributed by atoms with Crippen LogP contribution in [0.25, 0.3) is 0 Å². The van der Waals surface area contributed by atoms with Crippen LogP contribution in [0.5, 0.6) is 0 Å². The van der Waals surface area contributed by atoms with Crippen LogP contribution in [0.4, 0.5) is 5.69 Å². The highest BCUT2D eigenvalue weighted by Crippen LogP contribution is 2.27. The van der Waals surface area contributed by atoms with E-state index in [2.05, 4.69) is 21.2 Å². The summed E-state index contributed by atoms with van der Waals surface area (Å²) in [4.78, 5) is 28.5. The van der Waals surface area contributed by atoms with Gasteiger partial charge in [0, 0.05) is 17.1 Å². The van der Waals surface area contributed by atoms with Gasteiger partial charge in [-0.05, 0) is 63.1 Å². The Balaban J connectivity index is 2.02. The molecule has 0 aliphatic rings. The molecular formula is C29H34BrN3O4S. The Kier molecular flexibility index (Phi) is 10.1. The normalized spacial score (nSPS) is 12.9. The van der Waals surface area contributed by atoms with Crippen LogP contribution in [0, 0.1) is 6.92 Å². The molecule has 1 N–H and O–H groups in total. The van der Waals surface area contributed by atoms with Gasteiger partial charge in [-0.15, -0.1) is 0 Å². The van der Waals surface area contributed by atoms with E-state index in [9.17, 15) is 18.0 Å².